The molecule has 1 aliphatic rings. The summed E-state index contributed by atoms with van der Waals surface area (Å²) in [5.41, 5.74) is 1.14. The zero-order chi connectivity index (χ0) is 14.5. The summed E-state index contributed by atoms with van der Waals surface area (Å²) in [7, 11) is 2.04. The highest BCUT2D eigenvalue weighted by Crippen LogP contribution is 2.27. The highest BCUT2D eigenvalue weighted by Gasteiger charge is 2.15. The molecule has 3 rings (SSSR count). The van der Waals surface area contributed by atoms with Gasteiger partial charge in [-0.25, -0.2) is 4.98 Å². The lowest BCUT2D eigenvalue weighted by Gasteiger charge is -2.21. The van der Waals surface area contributed by atoms with Crippen molar-refractivity contribution in [3.63, 3.8) is 0 Å². The Hall–Kier alpha value is -1.62. The molecule has 0 atom stereocenters. The van der Waals surface area contributed by atoms with Gasteiger partial charge in [0.25, 0.3) is 0 Å². The number of aryl methyl sites for hydroxylation is 1. The zero-order valence-corrected chi connectivity index (χ0v) is 12.8. The number of hydrogen-bond donors (Lipinski definition) is 1. The number of rotatable bonds is 6. The van der Waals surface area contributed by atoms with Crippen molar-refractivity contribution < 1.29 is 0 Å². The van der Waals surface area contributed by atoms with Crippen LogP contribution in [0, 0.1) is 0 Å². The Kier molecular flexibility index (Phi) is 4.70. The molecule has 1 saturated carbocycles. The predicted molar refractivity (Wildman–Crippen MR) is 83.0 cm³/mol. The molecule has 2 aromatic rings. The second-order valence-electron chi connectivity index (χ2n) is 5.96. The number of imidazole rings is 1. The maximum Gasteiger partial charge on any atom is 0.109 e. The molecule has 1 fully saturated rings. The predicted octanol–water partition coefficient (Wildman–Crippen LogP) is 2.45. The molecule has 0 amide bonds. The van der Waals surface area contributed by atoms with Gasteiger partial charge in [0.15, 0.2) is 0 Å². The van der Waals surface area contributed by atoms with E-state index in [4.69, 9.17) is 5.10 Å². The van der Waals surface area contributed by atoms with Gasteiger partial charge in [-0.1, -0.05) is 19.3 Å². The molecule has 2 heterocycles. The van der Waals surface area contributed by atoms with E-state index in [0.717, 1.165) is 31.0 Å². The third-order valence-corrected chi connectivity index (χ3v) is 4.36. The van der Waals surface area contributed by atoms with Gasteiger partial charge in [-0.15, -0.1) is 0 Å². The van der Waals surface area contributed by atoms with Crippen LogP contribution in [0.2, 0.25) is 0 Å². The number of nitrogens with zero attached hydrogens (tertiary/aromatic N) is 4. The van der Waals surface area contributed by atoms with Crippen molar-refractivity contribution in [2.24, 2.45) is 7.05 Å². The Morgan fingerprint density at radius 2 is 2.10 bits per heavy atom. The van der Waals surface area contributed by atoms with Gasteiger partial charge in [-0.3, -0.25) is 4.68 Å². The van der Waals surface area contributed by atoms with Crippen molar-refractivity contribution in [2.45, 2.75) is 51.1 Å². The van der Waals surface area contributed by atoms with Crippen molar-refractivity contribution in [3.05, 3.63) is 36.2 Å². The third-order valence-electron chi connectivity index (χ3n) is 4.36. The summed E-state index contributed by atoms with van der Waals surface area (Å²) >= 11 is 0. The lowest BCUT2D eigenvalue weighted by Crippen LogP contribution is -2.19. The van der Waals surface area contributed by atoms with E-state index in [1.165, 1.54) is 32.1 Å². The van der Waals surface area contributed by atoms with Crippen LogP contribution in [0.3, 0.4) is 0 Å². The Balaban J connectivity index is 1.43. The Morgan fingerprint density at radius 3 is 2.86 bits per heavy atom. The van der Waals surface area contributed by atoms with Gasteiger partial charge >= 0.3 is 0 Å². The first kappa shape index (κ1) is 14.3. The van der Waals surface area contributed by atoms with E-state index in [9.17, 15) is 0 Å². The number of nitrogens with one attached hydrogen (secondary N) is 1. The second kappa shape index (κ2) is 6.89. The SMILES string of the molecule is Cn1ccnc1CCNCc1ccn(C2CCCCC2)n1. The van der Waals surface area contributed by atoms with Crippen LogP contribution in [0.1, 0.15) is 49.7 Å². The molecule has 114 valence electrons. The average molecular weight is 287 g/mol. The van der Waals surface area contributed by atoms with Crippen LogP contribution < -0.4 is 5.32 Å². The quantitative estimate of drug-likeness (QED) is 0.830. The molecule has 0 spiro atoms. The van der Waals surface area contributed by atoms with Crippen molar-refractivity contribution in [3.8, 4) is 0 Å². The van der Waals surface area contributed by atoms with Crippen molar-refractivity contribution >= 4 is 0 Å². The van der Waals surface area contributed by atoms with Gasteiger partial charge in [0.05, 0.1) is 11.7 Å². The highest BCUT2D eigenvalue weighted by molar-refractivity contribution is 5.00. The van der Waals surface area contributed by atoms with Crippen molar-refractivity contribution in [2.75, 3.05) is 6.54 Å². The van der Waals surface area contributed by atoms with Crippen LogP contribution >= 0.6 is 0 Å². The van der Waals surface area contributed by atoms with E-state index in [1.54, 1.807) is 0 Å². The summed E-state index contributed by atoms with van der Waals surface area (Å²) < 4.78 is 4.24. The van der Waals surface area contributed by atoms with Gasteiger partial charge in [0.1, 0.15) is 5.82 Å². The summed E-state index contributed by atoms with van der Waals surface area (Å²) in [5, 5.41) is 8.17. The smallest absolute Gasteiger partial charge is 0.109 e. The van der Waals surface area contributed by atoms with Crippen LogP contribution in [-0.2, 0) is 20.0 Å². The van der Waals surface area contributed by atoms with E-state index in [-0.39, 0.29) is 0 Å². The molecule has 1 N–H and O–H groups in total. The monoisotopic (exact) mass is 287 g/mol. The summed E-state index contributed by atoms with van der Waals surface area (Å²) in [6, 6.07) is 2.77. The minimum atomic E-state index is 0.625. The molecule has 5 heteroatoms. The van der Waals surface area contributed by atoms with Crippen molar-refractivity contribution in [1.82, 2.24) is 24.6 Å². The van der Waals surface area contributed by atoms with Gasteiger partial charge in [0, 0.05) is 45.1 Å². The zero-order valence-electron chi connectivity index (χ0n) is 12.8. The Bertz CT molecular complexity index is 551. The molecule has 0 radical (unpaired) electrons. The standard InChI is InChI=1S/C16H25N5/c1-20-12-10-18-16(20)7-9-17-13-14-8-11-21(19-14)15-5-3-2-4-6-15/h8,10-12,15,17H,2-7,9,13H2,1H3. The third kappa shape index (κ3) is 3.73. The van der Waals surface area contributed by atoms with Crippen LogP contribution in [0.15, 0.2) is 24.7 Å². The van der Waals surface area contributed by atoms with Crippen LogP contribution in [0.5, 0.6) is 0 Å². The lowest BCUT2D eigenvalue weighted by atomic mass is 9.96. The number of hydrogen-bond acceptors (Lipinski definition) is 3. The van der Waals surface area contributed by atoms with E-state index >= 15 is 0 Å². The fourth-order valence-electron chi connectivity index (χ4n) is 3.07. The molecule has 0 bridgehead atoms. The molecular weight excluding hydrogens is 262 g/mol. The molecule has 5 nitrogen and oxygen atoms in total. The maximum atomic E-state index is 4.72. The molecule has 0 saturated heterocycles. The summed E-state index contributed by atoms with van der Waals surface area (Å²) in [6.45, 7) is 1.77. The molecule has 0 unspecified atom stereocenters. The molecule has 2 aromatic heterocycles. The summed E-state index contributed by atoms with van der Waals surface area (Å²) in [6.07, 6.45) is 13.6. The minimum Gasteiger partial charge on any atom is -0.338 e. The largest absolute Gasteiger partial charge is 0.338 e. The van der Waals surface area contributed by atoms with Crippen LogP contribution in [0.4, 0.5) is 0 Å². The number of aromatic nitrogens is 4. The fraction of sp³-hybridized carbons (Fsp3) is 0.625. The Morgan fingerprint density at radius 1 is 1.24 bits per heavy atom. The lowest BCUT2D eigenvalue weighted by molar-refractivity contribution is 0.327. The highest BCUT2D eigenvalue weighted by atomic mass is 15.3. The molecule has 1 aliphatic carbocycles. The molecule has 0 aromatic carbocycles. The second-order valence-corrected chi connectivity index (χ2v) is 5.96. The van der Waals surface area contributed by atoms with Gasteiger partial charge in [-0.05, 0) is 18.9 Å². The summed E-state index contributed by atoms with van der Waals surface area (Å²) in [4.78, 5) is 4.33. The van der Waals surface area contributed by atoms with E-state index in [1.807, 2.05) is 19.4 Å². The fourth-order valence-corrected chi connectivity index (χ4v) is 3.07. The average Bonchev–Trinajstić information content (AvgIpc) is 3.14. The van der Waals surface area contributed by atoms with E-state index < -0.39 is 0 Å². The van der Waals surface area contributed by atoms with Gasteiger partial charge in [-0.2, -0.15) is 5.10 Å². The molecule has 21 heavy (non-hydrogen) atoms. The minimum absolute atomic E-state index is 0.625. The van der Waals surface area contributed by atoms with Crippen molar-refractivity contribution in [1.29, 1.82) is 0 Å². The Labute approximate surface area is 126 Å². The van der Waals surface area contributed by atoms with E-state index in [2.05, 4.69) is 31.8 Å². The summed E-state index contributed by atoms with van der Waals surface area (Å²) in [5.74, 6) is 1.12. The first-order valence-electron chi connectivity index (χ1n) is 8.04. The molecular formula is C16H25N5. The van der Waals surface area contributed by atoms with E-state index in [0.29, 0.717) is 6.04 Å². The normalized spacial score (nSPS) is 16.4. The maximum absolute atomic E-state index is 4.72. The first-order chi connectivity index (χ1) is 10.3. The van der Waals surface area contributed by atoms with Gasteiger partial charge in [0.2, 0.25) is 0 Å². The van der Waals surface area contributed by atoms with Gasteiger partial charge < -0.3 is 9.88 Å². The molecule has 0 aliphatic heterocycles. The van der Waals surface area contributed by atoms with Crippen LogP contribution in [0.25, 0.3) is 0 Å². The first-order valence-corrected chi connectivity index (χ1v) is 8.04. The van der Waals surface area contributed by atoms with Crippen LogP contribution in [-0.4, -0.2) is 25.9 Å². The topological polar surface area (TPSA) is 47.7 Å².